The lowest BCUT2D eigenvalue weighted by Crippen LogP contribution is -2.63. The van der Waals surface area contributed by atoms with E-state index in [4.69, 9.17) is 37.6 Å². The molecule has 1 fully saturated rings. The highest BCUT2D eigenvalue weighted by molar-refractivity contribution is 5.92. The molecule has 1 saturated heterocycles. The summed E-state index contributed by atoms with van der Waals surface area (Å²) in [5.74, 6) is -5.98. The number of hydrogen-bond acceptors (Lipinski definition) is 16. The van der Waals surface area contributed by atoms with Gasteiger partial charge in [0.25, 0.3) is 0 Å². The number of carbonyl (C=O) groups is 4. The first-order valence-corrected chi connectivity index (χ1v) is 20.2. The van der Waals surface area contributed by atoms with Crippen LogP contribution >= 0.6 is 0 Å². The molecule has 8 rings (SSSR count). The molecule has 6 aromatic carbocycles. The van der Waals surface area contributed by atoms with Crippen LogP contribution in [0.25, 0.3) is 22.3 Å². The maximum absolute atomic E-state index is 14.0. The summed E-state index contributed by atoms with van der Waals surface area (Å²) < 4.78 is 48.2. The Labute approximate surface area is 374 Å². The third kappa shape index (κ3) is 9.48. The molecule has 66 heavy (non-hydrogen) atoms. The van der Waals surface area contributed by atoms with Crippen molar-refractivity contribution in [2.45, 2.75) is 30.7 Å². The molecule has 0 amide bonds. The first-order chi connectivity index (χ1) is 32.0. The quantitative estimate of drug-likeness (QED) is 0.0590. The summed E-state index contributed by atoms with van der Waals surface area (Å²) >= 11 is 0. The van der Waals surface area contributed by atoms with Crippen LogP contribution < -0.4 is 14.9 Å². The van der Waals surface area contributed by atoms with Gasteiger partial charge in [0.1, 0.15) is 35.2 Å². The molecular formula is C50H38O16. The molecule has 2 unspecified atom stereocenters. The van der Waals surface area contributed by atoms with Crippen LogP contribution in [-0.4, -0.2) is 83.6 Å². The summed E-state index contributed by atoms with van der Waals surface area (Å²) in [6.07, 6.45) is -8.56. The Morgan fingerprint density at radius 3 is 1.58 bits per heavy atom. The minimum atomic E-state index is -1.83. The predicted octanol–water partition coefficient (Wildman–Crippen LogP) is 7.22. The highest BCUT2D eigenvalue weighted by Gasteiger charge is 2.54. The maximum atomic E-state index is 14.0. The van der Waals surface area contributed by atoms with E-state index in [2.05, 4.69) is 0 Å². The minimum Gasteiger partial charge on any atom is -0.507 e. The Hall–Kier alpha value is -8.63. The van der Waals surface area contributed by atoms with Crippen molar-refractivity contribution in [2.24, 2.45) is 0 Å². The molecular weight excluding hydrogens is 857 g/mol. The summed E-state index contributed by atoms with van der Waals surface area (Å²) in [5.41, 5.74) is -0.568. The van der Waals surface area contributed by atoms with Crippen molar-refractivity contribution >= 4 is 34.8 Å². The molecule has 334 valence electrons. The van der Waals surface area contributed by atoms with E-state index in [1.165, 1.54) is 73.8 Å². The van der Waals surface area contributed by atoms with Crippen molar-refractivity contribution in [3.8, 4) is 40.1 Å². The second-order valence-electron chi connectivity index (χ2n) is 14.6. The first kappa shape index (κ1) is 44.0. The normalized spacial score (nSPS) is 17.8. The topological polar surface area (TPSA) is 224 Å². The minimum absolute atomic E-state index is 0.0630. The first-order valence-electron chi connectivity index (χ1n) is 20.2. The van der Waals surface area contributed by atoms with Gasteiger partial charge in [-0.1, -0.05) is 72.8 Å². The van der Waals surface area contributed by atoms with Crippen molar-refractivity contribution in [3.63, 3.8) is 0 Å². The third-order valence-corrected chi connectivity index (χ3v) is 10.3. The van der Waals surface area contributed by atoms with Crippen LogP contribution in [0.15, 0.2) is 161 Å². The van der Waals surface area contributed by atoms with Crippen LogP contribution in [0.3, 0.4) is 0 Å². The lowest BCUT2D eigenvalue weighted by molar-refractivity contribution is -0.275. The van der Waals surface area contributed by atoms with Crippen LogP contribution in [0, 0.1) is 0 Å². The van der Waals surface area contributed by atoms with Gasteiger partial charge in [-0.2, -0.15) is 0 Å². The smallest absolute Gasteiger partial charge is 0.338 e. The van der Waals surface area contributed by atoms with Crippen LogP contribution in [0.5, 0.6) is 28.7 Å². The van der Waals surface area contributed by atoms with Gasteiger partial charge >= 0.3 is 23.9 Å². The highest BCUT2D eigenvalue weighted by atomic mass is 16.7. The van der Waals surface area contributed by atoms with Crippen LogP contribution in [0.2, 0.25) is 0 Å². The molecule has 3 N–H and O–H groups in total. The highest BCUT2D eigenvalue weighted by Crippen LogP contribution is 2.40. The number of rotatable bonds is 13. The molecule has 1 aliphatic rings. The zero-order valence-corrected chi connectivity index (χ0v) is 34.7. The molecule has 16 nitrogen and oxygen atoms in total. The van der Waals surface area contributed by atoms with E-state index in [0.29, 0.717) is 0 Å². The largest absolute Gasteiger partial charge is 0.507 e. The van der Waals surface area contributed by atoms with Crippen molar-refractivity contribution < 1.29 is 72.1 Å². The Morgan fingerprint density at radius 1 is 0.561 bits per heavy atom. The molecule has 16 heteroatoms. The number of aromatic hydroxyl groups is 3. The van der Waals surface area contributed by atoms with Crippen molar-refractivity contribution in [2.75, 3.05) is 13.7 Å². The molecule has 7 aromatic rings. The molecule has 2 heterocycles. The fourth-order valence-electron chi connectivity index (χ4n) is 7.12. The Kier molecular flexibility index (Phi) is 12.9. The summed E-state index contributed by atoms with van der Waals surface area (Å²) in [6.45, 7) is -0.639. The molecule has 1 aromatic heterocycles. The van der Waals surface area contributed by atoms with E-state index < -0.39 is 83.9 Å². The van der Waals surface area contributed by atoms with Crippen LogP contribution in [0.4, 0.5) is 0 Å². The van der Waals surface area contributed by atoms with Crippen molar-refractivity contribution in [1.82, 2.24) is 0 Å². The number of fused-ring (bicyclic) bond motifs is 1. The lowest BCUT2D eigenvalue weighted by Gasteiger charge is -2.44. The van der Waals surface area contributed by atoms with Gasteiger partial charge in [0.2, 0.25) is 23.6 Å². The molecule has 0 saturated carbocycles. The average molecular weight is 895 g/mol. The lowest BCUT2D eigenvalue weighted by atomic mass is 9.97. The number of phenolic OH excluding ortho intramolecular Hbond substituents is 3. The molecule has 0 bridgehead atoms. The van der Waals surface area contributed by atoms with E-state index in [9.17, 15) is 39.3 Å². The number of carbonyl (C=O) groups excluding carboxylic acids is 4. The molecule has 0 aliphatic carbocycles. The van der Waals surface area contributed by atoms with Gasteiger partial charge in [-0.3, -0.25) is 4.79 Å². The summed E-state index contributed by atoms with van der Waals surface area (Å²) in [5, 5.41) is 31.2. The van der Waals surface area contributed by atoms with Crippen LogP contribution in [0.1, 0.15) is 41.4 Å². The summed E-state index contributed by atoms with van der Waals surface area (Å²) in [6, 6.07) is 37.3. The number of phenols is 3. The summed E-state index contributed by atoms with van der Waals surface area (Å²) in [7, 11) is 1.20. The van der Waals surface area contributed by atoms with Gasteiger partial charge in [-0.25, -0.2) is 19.2 Å². The number of benzene rings is 6. The summed E-state index contributed by atoms with van der Waals surface area (Å²) in [4.78, 5) is 69.0. The van der Waals surface area contributed by atoms with Gasteiger partial charge in [-0.05, 0) is 66.7 Å². The number of methoxy groups -OCH3 is 1. The van der Waals surface area contributed by atoms with Crippen molar-refractivity contribution in [3.05, 3.63) is 184 Å². The average Bonchev–Trinajstić information content (AvgIpc) is 3.34. The Morgan fingerprint density at radius 2 is 1.06 bits per heavy atom. The SMILES string of the molecule is COc1c(-c2ccc(O)c(O)c2)oc2cc(O[C@@H]3OC(COC(=O)c4ccccc4)[C@@H](OC(=O)c4ccccc4)C(OC(=O)c4ccccc4)[C@@H]3OC(=O)c3ccccc3)cc(O)c2c1=O. The van der Waals surface area contributed by atoms with E-state index in [1.807, 2.05) is 0 Å². The van der Waals surface area contributed by atoms with E-state index in [1.54, 1.807) is 72.8 Å². The van der Waals surface area contributed by atoms with Crippen molar-refractivity contribution in [1.29, 1.82) is 0 Å². The third-order valence-electron chi connectivity index (χ3n) is 10.3. The fourth-order valence-corrected chi connectivity index (χ4v) is 7.12. The number of esters is 4. The monoisotopic (exact) mass is 894 g/mol. The van der Waals surface area contributed by atoms with Gasteiger partial charge in [0.15, 0.2) is 29.5 Å². The predicted molar refractivity (Wildman–Crippen MR) is 232 cm³/mol. The van der Waals surface area contributed by atoms with Gasteiger partial charge in [-0.15, -0.1) is 0 Å². The second kappa shape index (κ2) is 19.4. The van der Waals surface area contributed by atoms with E-state index >= 15 is 0 Å². The fraction of sp³-hybridized carbons (Fsp3) is 0.140. The van der Waals surface area contributed by atoms with E-state index in [-0.39, 0.29) is 56.0 Å². The standard InChI is InChI=1S/C50H38O16/c1-59-43-40(54)39-36(53)25-33(26-37(39)62-41(43)32-22-23-34(51)35(52)24-32)61-50-45(66-49(58)31-20-12-5-13-21-31)44(65-48(57)30-18-10-4-11-19-30)42(64-47(56)29-16-8-3-9-17-29)38(63-50)27-60-46(55)28-14-6-2-7-15-28/h2-26,38,42,44-45,50-53H,27H2,1H3/t38?,42-,44?,45+,50-/m1/s1. The Balaban J connectivity index is 1.25. The number of hydrogen-bond donors (Lipinski definition) is 3. The van der Waals surface area contributed by atoms with Gasteiger partial charge in [0, 0.05) is 17.7 Å². The molecule has 0 spiro atoms. The van der Waals surface area contributed by atoms with E-state index in [0.717, 1.165) is 12.1 Å². The van der Waals surface area contributed by atoms with Crippen LogP contribution in [-0.2, 0) is 23.7 Å². The van der Waals surface area contributed by atoms with Gasteiger partial charge in [0.05, 0.1) is 29.4 Å². The molecule has 5 atom stereocenters. The number of ether oxygens (including phenoxy) is 7. The maximum Gasteiger partial charge on any atom is 0.338 e. The zero-order valence-electron chi connectivity index (χ0n) is 34.7. The second-order valence-corrected chi connectivity index (χ2v) is 14.6. The molecule has 0 radical (unpaired) electrons. The Bertz CT molecular complexity index is 2940. The zero-order chi connectivity index (χ0) is 46.3. The molecule has 1 aliphatic heterocycles. The van der Waals surface area contributed by atoms with Gasteiger partial charge < -0.3 is 52.9 Å².